The fraction of sp³-hybridized carbons (Fsp3) is 0.233. The topological polar surface area (TPSA) is 128 Å². The van der Waals surface area contributed by atoms with Crippen molar-refractivity contribution in [2.24, 2.45) is 5.92 Å². The minimum Gasteiger partial charge on any atom is -0.493 e. The van der Waals surface area contributed by atoms with Crippen LogP contribution in [0.1, 0.15) is 34.1 Å². The lowest BCUT2D eigenvalue weighted by Gasteiger charge is -2.16. The van der Waals surface area contributed by atoms with Gasteiger partial charge in [-0.3, -0.25) is 4.79 Å². The lowest BCUT2D eigenvalue weighted by atomic mass is 10.1. The monoisotopic (exact) mass is 579 g/mol. The Kier molecular flexibility index (Phi) is 8.99. The molecule has 2 aromatic carbocycles. The number of halogens is 1. The average Bonchev–Trinajstić information content (AvgIpc) is 2.93. The van der Waals surface area contributed by atoms with Crippen molar-refractivity contribution >= 4 is 15.9 Å². The number of aromatic nitrogens is 2. The fourth-order valence-corrected chi connectivity index (χ4v) is 4.87. The quantitative estimate of drug-likeness (QED) is 0.265. The summed E-state index contributed by atoms with van der Waals surface area (Å²) >= 11 is 0. The van der Waals surface area contributed by atoms with Crippen LogP contribution in [0.25, 0.3) is 11.3 Å². The third-order valence-corrected chi connectivity index (χ3v) is 7.32. The van der Waals surface area contributed by atoms with E-state index in [0.717, 1.165) is 11.1 Å². The lowest BCUT2D eigenvalue weighted by Crippen LogP contribution is -2.31. The molecule has 0 fully saturated rings. The maximum atomic E-state index is 14.5. The molecule has 2 aromatic heterocycles. The van der Waals surface area contributed by atoms with Crippen molar-refractivity contribution < 1.29 is 32.2 Å². The van der Waals surface area contributed by atoms with Gasteiger partial charge in [0.2, 0.25) is 5.88 Å². The van der Waals surface area contributed by atoms with Crippen LogP contribution in [0.2, 0.25) is 0 Å². The molecule has 1 unspecified atom stereocenters. The molecule has 0 saturated carbocycles. The first-order valence-corrected chi connectivity index (χ1v) is 14.3. The molecule has 41 heavy (non-hydrogen) atoms. The van der Waals surface area contributed by atoms with Crippen LogP contribution in [0.4, 0.5) is 4.39 Å². The van der Waals surface area contributed by atoms with Gasteiger partial charge in [-0.1, -0.05) is 31.2 Å². The maximum absolute atomic E-state index is 14.5. The molecule has 0 saturated heterocycles. The highest BCUT2D eigenvalue weighted by molar-refractivity contribution is 7.90. The Morgan fingerprint density at radius 1 is 1.00 bits per heavy atom. The molecule has 0 aliphatic carbocycles. The van der Waals surface area contributed by atoms with E-state index in [1.807, 2.05) is 36.8 Å². The summed E-state index contributed by atoms with van der Waals surface area (Å²) in [4.78, 5) is 21.8. The van der Waals surface area contributed by atoms with Gasteiger partial charge in [0, 0.05) is 29.8 Å². The molecule has 0 aliphatic heterocycles. The van der Waals surface area contributed by atoms with E-state index in [-0.39, 0.29) is 47.0 Å². The Morgan fingerprint density at radius 3 is 2.39 bits per heavy atom. The number of amides is 1. The molecule has 4 aromatic rings. The minimum atomic E-state index is -4.30. The van der Waals surface area contributed by atoms with E-state index >= 15 is 0 Å². The molecule has 0 bridgehead atoms. The Bertz CT molecular complexity index is 1670. The Labute approximate surface area is 238 Å². The Balaban J connectivity index is 1.75. The van der Waals surface area contributed by atoms with Gasteiger partial charge >= 0.3 is 0 Å². The van der Waals surface area contributed by atoms with Crippen molar-refractivity contribution in [2.45, 2.75) is 32.7 Å². The zero-order chi connectivity index (χ0) is 29.7. The standard InChI is InChI=1S/C30H30FN3O6S/c1-18(16-35)17-39-24-14-22(13-23(31)15-24)26-12-11-25(30(33-26)40-28-19(2)7-5-8-20(28)3)29(36)34-41(37,38)27-10-6-9-21(4)32-27/h5-15,18,35H,16-17H2,1-4H3,(H,34,36). The summed E-state index contributed by atoms with van der Waals surface area (Å²) in [6.07, 6.45) is 0. The van der Waals surface area contributed by atoms with Crippen molar-refractivity contribution in [3.05, 3.63) is 94.9 Å². The fourth-order valence-electron chi connectivity index (χ4n) is 3.89. The first-order valence-electron chi connectivity index (χ1n) is 12.8. The number of hydrogen-bond acceptors (Lipinski definition) is 8. The summed E-state index contributed by atoms with van der Waals surface area (Å²) in [6, 6.07) is 16.8. The molecule has 2 heterocycles. The molecule has 0 aliphatic rings. The van der Waals surface area contributed by atoms with E-state index in [2.05, 4.69) is 9.97 Å². The average molecular weight is 580 g/mol. The highest BCUT2D eigenvalue weighted by Gasteiger charge is 2.25. The van der Waals surface area contributed by atoms with E-state index < -0.39 is 21.7 Å². The molecule has 1 atom stereocenters. The zero-order valence-electron chi connectivity index (χ0n) is 23.0. The van der Waals surface area contributed by atoms with Crippen molar-refractivity contribution in [3.63, 3.8) is 0 Å². The number of sulfonamides is 1. The van der Waals surface area contributed by atoms with Crippen molar-refractivity contribution in [2.75, 3.05) is 13.2 Å². The largest absolute Gasteiger partial charge is 0.493 e. The first-order chi connectivity index (χ1) is 19.5. The zero-order valence-corrected chi connectivity index (χ0v) is 23.8. The SMILES string of the molecule is Cc1cccc(S(=O)(=O)NC(=O)c2ccc(-c3cc(F)cc(OCC(C)CO)c3)nc2Oc2c(C)cccc2C)n1. The first kappa shape index (κ1) is 29.6. The number of pyridine rings is 2. The van der Waals surface area contributed by atoms with Crippen LogP contribution in [0.5, 0.6) is 17.4 Å². The molecule has 9 nitrogen and oxygen atoms in total. The third kappa shape index (κ3) is 7.24. The maximum Gasteiger partial charge on any atom is 0.281 e. The number of aryl methyl sites for hydroxylation is 3. The van der Waals surface area contributed by atoms with Crippen molar-refractivity contribution in [1.29, 1.82) is 0 Å². The number of nitrogens with zero attached hydrogens (tertiary/aromatic N) is 2. The number of carbonyl (C=O) groups excluding carboxylic acids is 1. The van der Waals surface area contributed by atoms with Gasteiger partial charge in [-0.15, -0.1) is 0 Å². The number of para-hydroxylation sites is 1. The molecule has 0 radical (unpaired) electrons. The molecule has 214 valence electrons. The number of hydrogen-bond donors (Lipinski definition) is 2. The Hall–Kier alpha value is -4.35. The number of carbonyl (C=O) groups is 1. The molecule has 1 amide bonds. The number of aliphatic hydroxyl groups is 1. The molecular weight excluding hydrogens is 549 g/mol. The van der Waals surface area contributed by atoms with Crippen LogP contribution in [-0.2, 0) is 10.0 Å². The summed E-state index contributed by atoms with van der Waals surface area (Å²) in [7, 11) is -4.30. The van der Waals surface area contributed by atoms with E-state index in [1.54, 1.807) is 26.0 Å². The van der Waals surface area contributed by atoms with E-state index in [1.165, 1.54) is 36.4 Å². The van der Waals surface area contributed by atoms with Gasteiger partial charge in [-0.05, 0) is 68.3 Å². The van der Waals surface area contributed by atoms with Gasteiger partial charge in [0.15, 0.2) is 5.03 Å². The number of rotatable bonds is 10. The molecule has 4 rings (SSSR count). The normalized spacial score (nSPS) is 12.0. The van der Waals surface area contributed by atoms with Gasteiger partial charge in [0.1, 0.15) is 22.9 Å². The van der Waals surface area contributed by atoms with Gasteiger partial charge in [0.05, 0.1) is 12.3 Å². The molecular formula is C30H30FN3O6S. The summed E-state index contributed by atoms with van der Waals surface area (Å²) in [6.45, 7) is 7.17. The van der Waals surface area contributed by atoms with Gasteiger partial charge in [0.25, 0.3) is 15.9 Å². The molecule has 2 N–H and O–H groups in total. The van der Waals surface area contributed by atoms with Crippen LogP contribution < -0.4 is 14.2 Å². The van der Waals surface area contributed by atoms with Crippen LogP contribution in [0.3, 0.4) is 0 Å². The second kappa shape index (κ2) is 12.4. The molecule has 0 spiro atoms. The number of aliphatic hydroxyl groups excluding tert-OH is 1. The summed E-state index contributed by atoms with van der Waals surface area (Å²) < 4.78 is 54.1. The highest BCUT2D eigenvalue weighted by atomic mass is 32.2. The van der Waals surface area contributed by atoms with Gasteiger partial charge in [-0.2, -0.15) is 8.42 Å². The summed E-state index contributed by atoms with van der Waals surface area (Å²) in [5.41, 5.74) is 2.43. The van der Waals surface area contributed by atoms with Gasteiger partial charge in [-0.25, -0.2) is 19.1 Å². The number of ether oxygens (including phenoxy) is 2. The predicted molar refractivity (Wildman–Crippen MR) is 151 cm³/mol. The molecule has 11 heteroatoms. The highest BCUT2D eigenvalue weighted by Crippen LogP contribution is 2.33. The van der Waals surface area contributed by atoms with Crippen molar-refractivity contribution in [1.82, 2.24) is 14.7 Å². The third-order valence-electron chi connectivity index (χ3n) is 6.09. The summed E-state index contributed by atoms with van der Waals surface area (Å²) in [5.74, 6) is -1.21. The Morgan fingerprint density at radius 2 is 1.71 bits per heavy atom. The minimum absolute atomic E-state index is 0.0814. The van der Waals surface area contributed by atoms with Crippen LogP contribution >= 0.6 is 0 Å². The smallest absolute Gasteiger partial charge is 0.281 e. The van der Waals surface area contributed by atoms with E-state index in [0.29, 0.717) is 17.0 Å². The van der Waals surface area contributed by atoms with Crippen LogP contribution in [-0.4, -0.2) is 42.6 Å². The van der Waals surface area contributed by atoms with E-state index in [4.69, 9.17) is 9.47 Å². The lowest BCUT2D eigenvalue weighted by molar-refractivity contribution is 0.0978. The number of nitrogens with one attached hydrogen (secondary N) is 1. The van der Waals surface area contributed by atoms with E-state index in [9.17, 15) is 22.7 Å². The van der Waals surface area contributed by atoms with Gasteiger partial charge < -0.3 is 14.6 Å². The second-order valence-electron chi connectivity index (χ2n) is 9.70. The van der Waals surface area contributed by atoms with Crippen molar-refractivity contribution in [3.8, 4) is 28.6 Å². The summed E-state index contributed by atoms with van der Waals surface area (Å²) in [5, 5.41) is 8.95. The number of benzene rings is 2. The van der Waals surface area contributed by atoms with Crippen LogP contribution in [0.15, 0.2) is 71.8 Å². The predicted octanol–water partition coefficient (Wildman–Crippen LogP) is 5.13. The second-order valence-corrected chi connectivity index (χ2v) is 11.3. The van der Waals surface area contributed by atoms with Crippen LogP contribution in [0, 0.1) is 32.5 Å².